The quantitative estimate of drug-likeness (QED) is 0.518. The molecular weight excluding hydrogens is 200 g/mol. The van der Waals surface area contributed by atoms with Gasteiger partial charge in [0.05, 0.1) is 0 Å². The molecular formula is C10H17ClN2O. The maximum Gasteiger partial charge on any atom is 0.240 e. The molecule has 1 aliphatic heterocycles. The fraction of sp³-hybridized carbons (Fsp3) is 0.700. The van der Waals surface area contributed by atoms with E-state index in [4.69, 9.17) is 11.6 Å². The van der Waals surface area contributed by atoms with E-state index >= 15 is 0 Å². The molecule has 1 heterocycles. The first-order valence-electron chi connectivity index (χ1n) is 4.91. The van der Waals surface area contributed by atoms with Crippen molar-refractivity contribution >= 4 is 17.5 Å². The van der Waals surface area contributed by atoms with Gasteiger partial charge in [0.25, 0.3) is 0 Å². The van der Waals surface area contributed by atoms with Gasteiger partial charge in [-0.05, 0) is 6.92 Å². The third kappa shape index (κ3) is 3.00. The molecule has 1 unspecified atom stereocenters. The normalized spacial score (nSPS) is 20.6. The summed E-state index contributed by atoms with van der Waals surface area (Å²) in [5.74, 6) is 0.0462. The lowest BCUT2D eigenvalue weighted by Crippen LogP contribution is -2.50. The van der Waals surface area contributed by atoms with Crippen molar-refractivity contribution in [2.24, 2.45) is 0 Å². The molecule has 0 aliphatic carbocycles. The Kier molecular flexibility index (Phi) is 4.42. The summed E-state index contributed by atoms with van der Waals surface area (Å²) in [5.41, 5.74) is 0. The number of rotatable bonds is 3. The van der Waals surface area contributed by atoms with Gasteiger partial charge >= 0.3 is 0 Å². The Labute approximate surface area is 90.3 Å². The largest absolute Gasteiger partial charge is 0.339 e. The average Bonchev–Trinajstić information content (AvgIpc) is 2.18. The number of carbonyl (C=O) groups excluding carboxylic acids is 1. The molecule has 1 rings (SSSR count). The van der Waals surface area contributed by atoms with Gasteiger partial charge < -0.3 is 4.90 Å². The van der Waals surface area contributed by atoms with Crippen LogP contribution in [-0.4, -0.2) is 53.8 Å². The predicted octanol–water partition coefficient (Wildman–Crippen LogP) is 0.944. The van der Waals surface area contributed by atoms with E-state index in [1.807, 2.05) is 11.0 Å². The maximum atomic E-state index is 11.5. The summed E-state index contributed by atoms with van der Waals surface area (Å²) in [5, 5.41) is -0.402. The topological polar surface area (TPSA) is 23.6 Å². The molecule has 1 amide bonds. The summed E-state index contributed by atoms with van der Waals surface area (Å²) in [6, 6.07) is 0. The summed E-state index contributed by atoms with van der Waals surface area (Å²) in [6.45, 7) is 9.72. The molecule has 0 saturated carbocycles. The summed E-state index contributed by atoms with van der Waals surface area (Å²) >= 11 is 5.74. The number of halogens is 1. The minimum Gasteiger partial charge on any atom is -0.339 e. The highest BCUT2D eigenvalue weighted by molar-refractivity contribution is 6.30. The number of carbonyl (C=O) groups is 1. The van der Waals surface area contributed by atoms with Crippen LogP contribution in [0.2, 0.25) is 0 Å². The van der Waals surface area contributed by atoms with Crippen molar-refractivity contribution in [3.05, 3.63) is 12.7 Å². The van der Waals surface area contributed by atoms with Gasteiger partial charge in [-0.1, -0.05) is 6.08 Å². The van der Waals surface area contributed by atoms with Crippen molar-refractivity contribution in [3.8, 4) is 0 Å². The molecule has 1 atom stereocenters. The Hall–Kier alpha value is -0.540. The minimum absolute atomic E-state index is 0.0462. The summed E-state index contributed by atoms with van der Waals surface area (Å²) < 4.78 is 0. The lowest BCUT2D eigenvalue weighted by Gasteiger charge is -2.34. The number of piperazine rings is 1. The monoisotopic (exact) mass is 216 g/mol. The summed E-state index contributed by atoms with van der Waals surface area (Å²) in [6.07, 6.45) is 1.89. The molecule has 3 nitrogen and oxygen atoms in total. The van der Waals surface area contributed by atoms with E-state index in [2.05, 4.69) is 11.5 Å². The fourth-order valence-corrected chi connectivity index (χ4v) is 1.72. The van der Waals surface area contributed by atoms with E-state index < -0.39 is 5.38 Å². The highest BCUT2D eigenvalue weighted by atomic mass is 35.5. The lowest BCUT2D eigenvalue weighted by molar-refractivity contribution is -0.132. The Morgan fingerprint density at radius 3 is 2.50 bits per heavy atom. The molecule has 14 heavy (non-hydrogen) atoms. The van der Waals surface area contributed by atoms with Gasteiger partial charge in [-0.2, -0.15) is 0 Å². The Balaban J connectivity index is 2.35. The SMILES string of the molecule is C=CCN1CCN(C(=O)C(C)Cl)CC1. The Bertz CT molecular complexity index is 210. The number of hydrogen-bond donors (Lipinski definition) is 0. The van der Waals surface area contributed by atoms with E-state index in [-0.39, 0.29) is 5.91 Å². The minimum atomic E-state index is -0.402. The highest BCUT2D eigenvalue weighted by Crippen LogP contribution is 2.06. The van der Waals surface area contributed by atoms with E-state index in [0.29, 0.717) is 0 Å². The van der Waals surface area contributed by atoms with Gasteiger partial charge in [-0.3, -0.25) is 9.69 Å². The van der Waals surface area contributed by atoms with Crippen LogP contribution in [0.25, 0.3) is 0 Å². The average molecular weight is 217 g/mol. The van der Waals surface area contributed by atoms with Gasteiger partial charge in [0.1, 0.15) is 5.38 Å². The number of hydrogen-bond acceptors (Lipinski definition) is 2. The second kappa shape index (κ2) is 5.37. The highest BCUT2D eigenvalue weighted by Gasteiger charge is 2.22. The second-order valence-corrected chi connectivity index (χ2v) is 4.19. The molecule has 80 valence electrons. The van der Waals surface area contributed by atoms with Crippen LogP contribution in [-0.2, 0) is 4.79 Å². The standard InChI is InChI=1S/C10H17ClN2O/c1-3-4-12-5-7-13(8-6-12)10(14)9(2)11/h3,9H,1,4-8H2,2H3. The molecule has 1 fully saturated rings. The molecule has 0 aromatic carbocycles. The van der Waals surface area contributed by atoms with Crippen LogP contribution in [0.15, 0.2) is 12.7 Å². The predicted molar refractivity (Wildman–Crippen MR) is 58.5 cm³/mol. The molecule has 0 spiro atoms. The summed E-state index contributed by atoms with van der Waals surface area (Å²) in [7, 11) is 0. The van der Waals surface area contributed by atoms with Gasteiger partial charge in [0, 0.05) is 32.7 Å². The smallest absolute Gasteiger partial charge is 0.240 e. The fourth-order valence-electron chi connectivity index (χ4n) is 1.58. The van der Waals surface area contributed by atoms with Crippen LogP contribution in [0.5, 0.6) is 0 Å². The molecule has 4 heteroatoms. The molecule has 0 aromatic heterocycles. The molecule has 0 radical (unpaired) electrons. The van der Waals surface area contributed by atoms with Gasteiger partial charge in [-0.15, -0.1) is 18.2 Å². The maximum absolute atomic E-state index is 11.5. The van der Waals surface area contributed by atoms with Crippen LogP contribution in [0.1, 0.15) is 6.92 Å². The molecule has 1 aliphatic rings. The van der Waals surface area contributed by atoms with Crippen molar-refractivity contribution < 1.29 is 4.79 Å². The zero-order chi connectivity index (χ0) is 10.6. The first kappa shape index (κ1) is 11.5. The van der Waals surface area contributed by atoms with Crippen LogP contribution in [0, 0.1) is 0 Å². The van der Waals surface area contributed by atoms with Crippen LogP contribution in [0.3, 0.4) is 0 Å². The van der Waals surface area contributed by atoms with Crippen molar-refractivity contribution in [2.75, 3.05) is 32.7 Å². The molecule has 0 N–H and O–H groups in total. The third-order valence-electron chi connectivity index (χ3n) is 2.41. The Morgan fingerprint density at radius 2 is 2.07 bits per heavy atom. The van der Waals surface area contributed by atoms with E-state index in [1.54, 1.807) is 6.92 Å². The Morgan fingerprint density at radius 1 is 1.50 bits per heavy atom. The van der Waals surface area contributed by atoms with E-state index in [9.17, 15) is 4.79 Å². The van der Waals surface area contributed by atoms with Crippen molar-refractivity contribution in [1.82, 2.24) is 9.80 Å². The zero-order valence-electron chi connectivity index (χ0n) is 8.58. The van der Waals surface area contributed by atoms with Crippen LogP contribution >= 0.6 is 11.6 Å². The van der Waals surface area contributed by atoms with E-state index in [1.165, 1.54) is 0 Å². The van der Waals surface area contributed by atoms with Crippen molar-refractivity contribution in [2.45, 2.75) is 12.3 Å². The lowest BCUT2D eigenvalue weighted by atomic mass is 10.3. The third-order valence-corrected chi connectivity index (χ3v) is 2.60. The number of alkyl halides is 1. The molecule has 1 saturated heterocycles. The van der Waals surface area contributed by atoms with Crippen molar-refractivity contribution in [3.63, 3.8) is 0 Å². The second-order valence-electron chi connectivity index (χ2n) is 3.53. The first-order valence-corrected chi connectivity index (χ1v) is 5.35. The van der Waals surface area contributed by atoms with Gasteiger partial charge in [0.15, 0.2) is 0 Å². The number of nitrogens with zero attached hydrogens (tertiary/aromatic N) is 2. The van der Waals surface area contributed by atoms with Gasteiger partial charge in [0.2, 0.25) is 5.91 Å². The van der Waals surface area contributed by atoms with E-state index in [0.717, 1.165) is 32.7 Å². The molecule has 0 bridgehead atoms. The summed E-state index contributed by atoms with van der Waals surface area (Å²) in [4.78, 5) is 15.6. The van der Waals surface area contributed by atoms with Crippen LogP contribution < -0.4 is 0 Å². The molecule has 0 aromatic rings. The van der Waals surface area contributed by atoms with Gasteiger partial charge in [-0.25, -0.2) is 0 Å². The first-order chi connectivity index (χ1) is 6.65. The van der Waals surface area contributed by atoms with Crippen LogP contribution in [0.4, 0.5) is 0 Å². The van der Waals surface area contributed by atoms with Crippen molar-refractivity contribution in [1.29, 1.82) is 0 Å². The number of amides is 1. The zero-order valence-corrected chi connectivity index (χ0v) is 9.33.